The van der Waals surface area contributed by atoms with Crippen molar-refractivity contribution in [1.29, 1.82) is 5.53 Å². The van der Waals surface area contributed by atoms with Gasteiger partial charge >= 0.3 is 12.4 Å². The fourth-order valence-corrected chi connectivity index (χ4v) is 2.61. The van der Waals surface area contributed by atoms with Gasteiger partial charge < -0.3 is 5.11 Å². The highest BCUT2D eigenvalue weighted by molar-refractivity contribution is 7.80. The molecular formula is C12H5Cl2F6N5OS. The van der Waals surface area contributed by atoms with Gasteiger partial charge in [-0.1, -0.05) is 23.2 Å². The van der Waals surface area contributed by atoms with E-state index in [1.807, 2.05) is 0 Å². The second kappa shape index (κ2) is 8.21. The van der Waals surface area contributed by atoms with Crippen LogP contribution in [0.1, 0.15) is 16.8 Å². The van der Waals surface area contributed by atoms with E-state index in [-0.39, 0.29) is 0 Å². The maximum absolute atomic E-state index is 12.9. The van der Waals surface area contributed by atoms with E-state index >= 15 is 0 Å². The van der Waals surface area contributed by atoms with E-state index in [0.717, 1.165) is 0 Å². The van der Waals surface area contributed by atoms with Gasteiger partial charge in [-0.15, -0.1) is 5.53 Å². The quantitative estimate of drug-likeness (QED) is 0.183. The summed E-state index contributed by atoms with van der Waals surface area (Å²) >= 11 is 15.7. The second-order valence-electron chi connectivity index (χ2n) is 4.53. The molecule has 15 heteroatoms. The average Bonchev–Trinajstić information content (AvgIpc) is 2.91. The Morgan fingerprint density at radius 1 is 1.15 bits per heavy atom. The monoisotopic (exact) mass is 451 g/mol. The van der Waals surface area contributed by atoms with Gasteiger partial charge in [-0.05, 0) is 34.8 Å². The molecule has 2 aromatic rings. The van der Waals surface area contributed by atoms with Crippen LogP contribution in [0.25, 0.3) is 16.1 Å². The fourth-order valence-electron chi connectivity index (χ4n) is 1.80. The third kappa shape index (κ3) is 5.39. The Labute approximate surface area is 161 Å². The predicted molar refractivity (Wildman–Crippen MR) is 87.4 cm³/mol. The average molecular weight is 452 g/mol. The summed E-state index contributed by atoms with van der Waals surface area (Å²) in [5.74, 6) is 0. The van der Waals surface area contributed by atoms with Crippen molar-refractivity contribution >= 4 is 40.5 Å². The van der Waals surface area contributed by atoms with Gasteiger partial charge in [0, 0.05) is 6.20 Å². The van der Waals surface area contributed by atoms with Gasteiger partial charge in [0.1, 0.15) is 11.3 Å². The molecule has 0 aliphatic carbocycles. The minimum Gasteiger partial charge on any atom is -0.497 e. The summed E-state index contributed by atoms with van der Waals surface area (Å²) in [7, 11) is 0. The van der Waals surface area contributed by atoms with Crippen molar-refractivity contribution in [1.82, 2.24) is 9.78 Å². The van der Waals surface area contributed by atoms with Gasteiger partial charge in [-0.3, -0.25) is 0 Å². The number of aromatic nitrogens is 2. The summed E-state index contributed by atoms with van der Waals surface area (Å²) in [4.78, 5) is 1.75. The molecule has 146 valence electrons. The minimum atomic E-state index is -4.91. The highest BCUT2D eigenvalue weighted by Gasteiger charge is 2.38. The SMILES string of the molecule is OC(=S)c1nn(-c2c(Cl)cc(C(F)(F)F)cc2Cl)cc1C(F)(F)F.[N-]=[N+]=N. The first-order chi connectivity index (χ1) is 12.2. The van der Waals surface area contributed by atoms with Crippen LogP contribution in [0.4, 0.5) is 26.3 Å². The van der Waals surface area contributed by atoms with Gasteiger partial charge in [0.2, 0.25) is 5.05 Å². The summed E-state index contributed by atoms with van der Waals surface area (Å²) in [6.45, 7) is 0. The highest BCUT2D eigenvalue weighted by atomic mass is 35.5. The van der Waals surface area contributed by atoms with E-state index < -0.39 is 50.0 Å². The van der Waals surface area contributed by atoms with Crippen LogP contribution in [-0.2, 0) is 12.4 Å². The molecular weight excluding hydrogens is 447 g/mol. The Hall–Kier alpha value is -2.21. The molecule has 0 aliphatic rings. The molecule has 0 radical (unpaired) electrons. The Morgan fingerprint density at radius 2 is 1.59 bits per heavy atom. The van der Waals surface area contributed by atoms with E-state index in [0.29, 0.717) is 23.0 Å². The van der Waals surface area contributed by atoms with Crippen LogP contribution in [-0.4, -0.2) is 19.9 Å². The Bertz CT molecular complexity index is 882. The van der Waals surface area contributed by atoms with E-state index in [1.54, 1.807) is 4.91 Å². The van der Waals surface area contributed by atoms with Crippen LogP contribution in [0.2, 0.25) is 10.0 Å². The molecule has 0 saturated heterocycles. The molecule has 2 N–H and O–H groups in total. The van der Waals surface area contributed by atoms with Crippen molar-refractivity contribution in [3.8, 4) is 5.69 Å². The summed E-state index contributed by atoms with van der Waals surface area (Å²) in [6, 6.07) is 0.989. The van der Waals surface area contributed by atoms with Crippen LogP contribution in [0.15, 0.2) is 18.3 Å². The number of benzene rings is 1. The molecule has 0 saturated carbocycles. The van der Waals surface area contributed by atoms with Gasteiger partial charge in [-0.25, -0.2) is 4.68 Å². The molecule has 1 heterocycles. The lowest BCUT2D eigenvalue weighted by atomic mass is 10.2. The number of hydrogen-bond donors (Lipinski definition) is 2. The van der Waals surface area contributed by atoms with E-state index in [2.05, 4.69) is 17.3 Å². The van der Waals surface area contributed by atoms with Crippen molar-refractivity contribution < 1.29 is 31.4 Å². The van der Waals surface area contributed by atoms with Gasteiger partial charge in [0.05, 0.1) is 15.6 Å². The van der Waals surface area contributed by atoms with E-state index in [4.69, 9.17) is 39.4 Å². The molecule has 1 aromatic heterocycles. The topological polar surface area (TPSA) is 98.3 Å². The summed E-state index contributed by atoms with van der Waals surface area (Å²) in [5, 5.41) is 10.3. The number of aliphatic hydroxyl groups is 1. The molecule has 2 rings (SSSR count). The van der Waals surface area contributed by atoms with Crippen LogP contribution in [0.5, 0.6) is 0 Å². The van der Waals surface area contributed by atoms with Crippen LogP contribution < -0.4 is 0 Å². The zero-order valence-electron chi connectivity index (χ0n) is 12.4. The first-order valence-corrected chi connectivity index (χ1v) is 7.38. The van der Waals surface area contributed by atoms with Crippen LogP contribution in [0, 0.1) is 5.53 Å². The van der Waals surface area contributed by atoms with Gasteiger partial charge in [0.25, 0.3) is 0 Å². The molecule has 0 bridgehead atoms. The predicted octanol–water partition coefficient (Wildman–Crippen LogP) is 6.33. The summed E-state index contributed by atoms with van der Waals surface area (Å²) in [6.07, 6.45) is -9.24. The summed E-state index contributed by atoms with van der Waals surface area (Å²) in [5.41, 5.74) is 8.30. The number of halogens is 8. The van der Waals surface area contributed by atoms with Crippen LogP contribution in [0.3, 0.4) is 0 Å². The first-order valence-electron chi connectivity index (χ1n) is 6.21. The number of nitrogens with one attached hydrogen (secondary N) is 1. The number of hydrogen-bond acceptors (Lipinski definition) is 3. The molecule has 6 nitrogen and oxygen atoms in total. The zero-order chi connectivity index (χ0) is 21.2. The minimum absolute atomic E-state index is 0.415. The summed E-state index contributed by atoms with van der Waals surface area (Å²) < 4.78 is 77.3. The fraction of sp³-hybridized carbons (Fsp3) is 0.167. The lowest BCUT2D eigenvalue weighted by molar-refractivity contribution is -0.138. The standard InChI is InChI=1S/C12H4Cl2F6N2OS.HN3/c13-6-1-4(11(15,16)17)2-7(14)9(6)22-3-5(12(18,19)20)8(21-22)10(23)24;1-3-2/h1-3H,(H,23,24);1H. The molecule has 0 fully saturated rings. The molecule has 0 unspecified atom stereocenters. The number of aliphatic hydroxyl groups excluding tert-OH is 1. The number of alkyl halides is 6. The molecule has 0 aliphatic heterocycles. The number of rotatable bonds is 2. The maximum Gasteiger partial charge on any atom is 0.420 e. The van der Waals surface area contributed by atoms with Crippen LogP contribution >= 0.6 is 35.4 Å². The van der Waals surface area contributed by atoms with Crippen molar-refractivity contribution in [2.24, 2.45) is 0 Å². The number of nitrogens with zero attached hydrogens (tertiary/aromatic N) is 4. The third-order valence-corrected chi connectivity index (χ3v) is 3.57. The maximum atomic E-state index is 12.9. The Morgan fingerprint density at radius 3 is 1.89 bits per heavy atom. The highest BCUT2D eigenvalue weighted by Crippen LogP contribution is 2.39. The lowest BCUT2D eigenvalue weighted by Gasteiger charge is -2.12. The molecule has 1 aromatic carbocycles. The van der Waals surface area contributed by atoms with Crippen molar-refractivity contribution in [2.75, 3.05) is 0 Å². The Balaban J connectivity index is 0.00000114. The van der Waals surface area contributed by atoms with Crippen molar-refractivity contribution in [3.05, 3.63) is 55.6 Å². The smallest absolute Gasteiger partial charge is 0.420 e. The zero-order valence-corrected chi connectivity index (χ0v) is 14.7. The third-order valence-electron chi connectivity index (χ3n) is 2.80. The van der Waals surface area contributed by atoms with E-state index in [1.165, 1.54) is 0 Å². The van der Waals surface area contributed by atoms with Gasteiger partial charge in [0.15, 0.2) is 5.69 Å². The van der Waals surface area contributed by atoms with Crippen molar-refractivity contribution in [2.45, 2.75) is 12.4 Å². The largest absolute Gasteiger partial charge is 0.497 e. The van der Waals surface area contributed by atoms with Crippen molar-refractivity contribution in [3.63, 3.8) is 0 Å². The molecule has 0 spiro atoms. The molecule has 27 heavy (non-hydrogen) atoms. The van der Waals surface area contributed by atoms with Gasteiger partial charge in [-0.2, -0.15) is 31.4 Å². The normalized spacial score (nSPS) is 11.4. The molecule has 0 amide bonds. The number of thiocarbonyl (C=S) groups is 1. The lowest BCUT2D eigenvalue weighted by Crippen LogP contribution is -2.10. The Kier molecular flexibility index (Phi) is 6.94. The second-order valence-corrected chi connectivity index (χ2v) is 5.73. The van der Waals surface area contributed by atoms with E-state index in [9.17, 15) is 26.3 Å². The molecule has 0 atom stereocenters. The first kappa shape index (κ1) is 22.8.